The van der Waals surface area contributed by atoms with Crippen molar-refractivity contribution in [2.75, 3.05) is 0 Å². The summed E-state index contributed by atoms with van der Waals surface area (Å²) in [6, 6.07) is 1.05. The Labute approximate surface area is 149 Å². The molecule has 0 fully saturated rings. The van der Waals surface area contributed by atoms with E-state index >= 15 is 0 Å². The van der Waals surface area contributed by atoms with Gasteiger partial charge in [0.05, 0.1) is 37.2 Å². The molecule has 0 aliphatic heterocycles. The zero-order chi connectivity index (χ0) is 16.6. The van der Waals surface area contributed by atoms with E-state index in [0.29, 0.717) is 0 Å². The van der Waals surface area contributed by atoms with Gasteiger partial charge in [-0.15, -0.1) is 0 Å². The van der Waals surface area contributed by atoms with Crippen molar-refractivity contribution in [2.45, 2.75) is 6.42 Å². The van der Waals surface area contributed by atoms with Crippen molar-refractivity contribution < 1.29 is 14.3 Å². The summed E-state index contributed by atoms with van der Waals surface area (Å²) in [6.45, 7) is 0. The first-order valence-corrected chi connectivity index (χ1v) is 7.51. The lowest BCUT2D eigenvalue weighted by molar-refractivity contribution is -0.136. The molecule has 1 aromatic carbocycles. The first-order chi connectivity index (χ1) is 10.2. The van der Waals surface area contributed by atoms with Gasteiger partial charge in [-0.1, -0.05) is 58.0 Å². The average Bonchev–Trinajstić information content (AvgIpc) is 2.45. The van der Waals surface area contributed by atoms with Crippen molar-refractivity contribution in [2.24, 2.45) is 0 Å². The van der Waals surface area contributed by atoms with Gasteiger partial charge in [0.1, 0.15) is 5.82 Å². The summed E-state index contributed by atoms with van der Waals surface area (Å²) in [5.74, 6) is -2.01. The van der Waals surface area contributed by atoms with Gasteiger partial charge in [-0.2, -0.15) is 0 Å². The third-order valence-electron chi connectivity index (χ3n) is 2.73. The molecule has 0 atom stereocenters. The molecule has 0 aliphatic rings. The van der Waals surface area contributed by atoms with Crippen molar-refractivity contribution in [1.29, 1.82) is 0 Å². The molecule has 2 aromatic rings. The van der Waals surface area contributed by atoms with Crippen LogP contribution in [0, 0.1) is 5.82 Å². The summed E-state index contributed by atoms with van der Waals surface area (Å²) in [7, 11) is 0. The quantitative estimate of drug-likeness (QED) is 0.522. The molecule has 116 valence electrons. The van der Waals surface area contributed by atoms with Gasteiger partial charge >= 0.3 is 5.97 Å². The summed E-state index contributed by atoms with van der Waals surface area (Å²) >= 11 is 29.9. The van der Waals surface area contributed by atoms with Crippen molar-refractivity contribution >= 4 is 64.0 Å². The van der Waals surface area contributed by atoms with E-state index in [1.54, 1.807) is 0 Å². The number of carbonyl (C=O) groups is 1. The summed E-state index contributed by atoms with van der Waals surface area (Å²) in [4.78, 5) is 14.4. The number of carboxylic acids is 1. The first kappa shape index (κ1) is 17.6. The number of halogens is 6. The number of nitrogens with zero attached hydrogens (tertiary/aromatic N) is 1. The Hall–Kier alpha value is -0.780. The largest absolute Gasteiger partial charge is 0.481 e. The molecule has 22 heavy (non-hydrogen) atoms. The normalized spacial score (nSPS) is 10.8. The lowest BCUT2D eigenvalue weighted by Crippen LogP contribution is -2.05. The number of carboxylic acid groups (broad SMARTS) is 1. The molecular formula is C13H5Cl5FNO2. The van der Waals surface area contributed by atoms with E-state index in [1.807, 2.05) is 0 Å². The van der Waals surface area contributed by atoms with Gasteiger partial charge in [0, 0.05) is 17.3 Å². The second kappa shape index (κ2) is 6.77. The summed E-state index contributed by atoms with van der Waals surface area (Å²) < 4.78 is 13.9. The Morgan fingerprint density at radius 2 is 1.55 bits per heavy atom. The molecule has 0 unspecified atom stereocenters. The zero-order valence-corrected chi connectivity index (χ0v) is 14.2. The second-order valence-electron chi connectivity index (χ2n) is 4.17. The van der Waals surface area contributed by atoms with E-state index in [9.17, 15) is 9.18 Å². The lowest BCUT2D eigenvalue weighted by Gasteiger charge is -2.13. The highest BCUT2D eigenvalue weighted by molar-refractivity contribution is 6.56. The SMILES string of the molecule is O=C(O)Cc1ncc(-c2c(Cl)c(Cl)c(Cl)c(Cl)c2Cl)cc1F. The van der Waals surface area contributed by atoms with Crippen molar-refractivity contribution in [3.63, 3.8) is 0 Å². The smallest absolute Gasteiger partial charge is 0.309 e. The maximum absolute atomic E-state index is 13.9. The van der Waals surface area contributed by atoms with Crippen LogP contribution in [0.3, 0.4) is 0 Å². The van der Waals surface area contributed by atoms with Crippen LogP contribution in [0.15, 0.2) is 12.3 Å². The number of benzene rings is 1. The minimum atomic E-state index is -1.20. The van der Waals surface area contributed by atoms with Gasteiger partial charge < -0.3 is 5.11 Å². The molecule has 0 bridgehead atoms. The summed E-state index contributed by atoms with van der Waals surface area (Å²) in [5.41, 5.74) is 0.146. The molecule has 0 saturated carbocycles. The molecular weight excluding hydrogens is 398 g/mol. The van der Waals surface area contributed by atoms with Crippen LogP contribution in [-0.4, -0.2) is 16.1 Å². The fraction of sp³-hybridized carbons (Fsp3) is 0.0769. The molecule has 1 aromatic heterocycles. The molecule has 0 radical (unpaired) electrons. The van der Waals surface area contributed by atoms with Gasteiger partial charge in [-0.05, 0) is 6.07 Å². The van der Waals surface area contributed by atoms with Crippen LogP contribution in [0.25, 0.3) is 11.1 Å². The number of aliphatic carboxylic acids is 1. The third kappa shape index (κ3) is 3.26. The predicted molar refractivity (Wildman–Crippen MR) is 86.0 cm³/mol. The molecule has 0 aliphatic carbocycles. The van der Waals surface area contributed by atoms with E-state index in [4.69, 9.17) is 63.1 Å². The molecule has 0 spiro atoms. The molecule has 3 nitrogen and oxygen atoms in total. The average molecular weight is 403 g/mol. The van der Waals surface area contributed by atoms with E-state index in [-0.39, 0.29) is 41.9 Å². The van der Waals surface area contributed by atoms with Crippen LogP contribution in [0.5, 0.6) is 0 Å². The highest BCUT2D eigenvalue weighted by Crippen LogP contribution is 2.48. The minimum absolute atomic E-state index is 0.00625. The minimum Gasteiger partial charge on any atom is -0.481 e. The van der Waals surface area contributed by atoms with Crippen LogP contribution in [0.2, 0.25) is 25.1 Å². The van der Waals surface area contributed by atoms with E-state index in [1.165, 1.54) is 6.20 Å². The topological polar surface area (TPSA) is 50.2 Å². The fourth-order valence-electron chi connectivity index (χ4n) is 1.73. The first-order valence-electron chi connectivity index (χ1n) is 5.62. The Kier molecular flexibility index (Phi) is 5.41. The van der Waals surface area contributed by atoms with E-state index in [0.717, 1.165) is 6.07 Å². The number of hydrogen-bond acceptors (Lipinski definition) is 2. The second-order valence-corrected chi connectivity index (χ2v) is 6.06. The van der Waals surface area contributed by atoms with Gasteiger partial charge in [0.25, 0.3) is 0 Å². The van der Waals surface area contributed by atoms with Crippen LogP contribution >= 0.6 is 58.0 Å². The summed E-state index contributed by atoms with van der Waals surface area (Å²) in [5, 5.41) is 8.59. The maximum atomic E-state index is 13.9. The molecule has 2 rings (SSSR count). The van der Waals surface area contributed by atoms with Gasteiger partial charge in [-0.3, -0.25) is 9.78 Å². The number of rotatable bonds is 3. The van der Waals surface area contributed by atoms with Crippen LogP contribution in [0.4, 0.5) is 4.39 Å². The molecule has 9 heteroatoms. The Morgan fingerprint density at radius 3 is 2.00 bits per heavy atom. The van der Waals surface area contributed by atoms with Gasteiger partial charge in [0.15, 0.2) is 0 Å². The predicted octanol–water partition coefficient (Wildman–Crippen LogP) is 5.78. The van der Waals surface area contributed by atoms with Crippen molar-refractivity contribution in [1.82, 2.24) is 4.98 Å². The van der Waals surface area contributed by atoms with E-state index in [2.05, 4.69) is 4.98 Å². The lowest BCUT2D eigenvalue weighted by atomic mass is 10.1. The van der Waals surface area contributed by atoms with Crippen LogP contribution < -0.4 is 0 Å². The number of pyridine rings is 1. The van der Waals surface area contributed by atoms with Gasteiger partial charge in [0.2, 0.25) is 0 Å². The Morgan fingerprint density at radius 1 is 1.05 bits per heavy atom. The Balaban J connectivity index is 2.63. The fourth-order valence-corrected chi connectivity index (χ4v) is 3.09. The molecule has 1 heterocycles. The van der Waals surface area contributed by atoms with Gasteiger partial charge in [-0.25, -0.2) is 4.39 Å². The highest BCUT2D eigenvalue weighted by Gasteiger charge is 2.21. The zero-order valence-electron chi connectivity index (χ0n) is 10.4. The van der Waals surface area contributed by atoms with Crippen molar-refractivity contribution in [3.8, 4) is 11.1 Å². The number of aromatic nitrogens is 1. The molecule has 0 amide bonds. The Bertz CT molecular complexity index is 753. The van der Waals surface area contributed by atoms with Crippen molar-refractivity contribution in [3.05, 3.63) is 48.9 Å². The molecule has 0 saturated heterocycles. The monoisotopic (exact) mass is 401 g/mol. The number of hydrogen-bond donors (Lipinski definition) is 1. The highest BCUT2D eigenvalue weighted by atomic mass is 35.5. The third-order valence-corrected chi connectivity index (χ3v) is 5.01. The summed E-state index contributed by atoms with van der Waals surface area (Å²) in [6.07, 6.45) is 0.685. The standard InChI is InChI=1S/C13H5Cl5FNO2/c14-9-8(10(15)12(17)13(18)11(9)16)4-1-5(19)6(20-3-4)2-7(21)22/h1,3H,2H2,(H,21,22). The maximum Gasteiger partial charge on any atom is 0.309 e. The van der Waals surface area contributed by atoms with Crippen LogP contribution in [0.1, 0.15) is 5.69 Å². The van der Waals surface area contributed by atoms with E-state index < -0.39 is 18.2 Å². The van der Waals surface area contributed by atoms with Crippen LogP contribution in [-0.2, 0) is 11.2 Å². The molecule has 1 N–H and O–H groups in total.